The van der Waals surface area contributed by atoms with Gasteiger partial charge in [0, 0.05) is 30.9 Å². The molecule has 1 aromatic rings. The number of hydrogen-bond donors (Lipinski definition) is 0. The Kier molecular flexibility index (Phi) is 4.36. The van der Waals surface area contributed by atoms with Gasteiger partial charge >= 0.3 is 0 Å². The van der Waals surface area contributed by atoms with E-state index in [1.165, 1.54) is 51.0 Å². The molecule has 2 heterocycles. The van der Waals surface area contributed by atoms with Crippen molar-refractivity contribution in [3.05, 3.63) is 29.8 Å². The largest absolute Gasteiger partial charge is 0.371 e. The summed E-state index contributed by atoms with van der Waals surface area (Å²) in [6.45, 7) is 6.16. The van der Waals surface area contributed by atoms with Gasteiger partial charge in [-0.15, -0.1) is 0 Å². The molecule has 3 rings (SSSR count). The zero-order chi connectivity index (χ0) is 13.8. The van der Waals surface area contributed by atoms with E-state index in [0.29, 0.717) is 0 Å². The minimum Gasteiger partial charge on any atom is -0.371 e. The molecule has 20 heavy (non-hydrogen) atoms. The van der Waals surface area contributed by atoms with E-state index in [0.717, 1.165) is 30.9 Å². The van der Waals surface area contributed by atoms with Gasteiger partial charge in [-0.25, -0.2) is 0 Å². The molecule has 0 saturated carbocycles. The van der Waals surface area contributed by atoms with E-state index in [1.807, 2.05) is 18.2 Å². The monoisotopic (exact) mass is 272 g/mol. The second-order valence-corrected chi connectivity index (χ2v) is 6.15. The molecule has 0 unspecified atom stereocenters. The molecule has 0 radical (unpaired) electrons. The molecule has 1 aromatic carbocycles. The summed E-state index contributed by atoms with van der Waals surface area (Å²) in [7, 11) is 0. The molecular weight excluding hydrogens is 248 g/mol. The number of hydrogen-bond acceptors (Lipinski definition) is 3. The molecule has 2 aliphatic rings. The van der Waals surface area contributed by atoms with E-state index in [-0.39, 0.29) is 0 Å². The molecule has 3 heteroatoms. The smallest absolute Gasteiger partial charge is 0.150 e. The lowest BCUT2D eigenvalue weighted by molar-refractivity contribution is 0.112. The fourth-order valence-corrected chi connectivity index (χ4v) is 3.50. The topological polar surface area (TPSA) is 23.6 Å². The Bertz CT molecular complexity index is 446. The van der Waals surface area contributed by atoms with Crippen LogP contribution in [0.3, 0.4) is 0 Å². The highest BCUT2D eigenvalue weighted by Gasteiger charge is 2.22. The van der Waals surface area contributed by atoms with Crippen LogP contribution in [0.2, 0.25) is 0 Å². The van der Waals surface area contributed by atoms with Crippen molar-refractivity contribution in [1.29, 1.82) is 0 Å². The lowest BCUT2D eigenvalue weighted by Crippen LogP contribution is -2.38. The predicted octanol–water partition coefficient (Wildman–Crippen LogP) is 2.81. The van der Waals surface area contributed by atoms with Crippen LogP contribution in [-0.2, 0) is 0 Å². The first-order chi connectivity index (χ1) is 9.85. The van der Waals surface area contributed by atoms with Gasteiger partial charge in [0.15, 0.2) is 0 Å². The van der Waals surface area contributed by atoms with Crippen LogP contribution in [-0.4, -0.2) is 43.9 Å². The maximum absolute atomic E-state index is 10.9. The van der Waals surface area contributed by atoms with Gasteiger partial charge in [0.25, 0.3) is 0 Å². The summed E-state index contributed by atoms with van der Waals surface area (Å²) in [5.74, 6) is 0.860. The lowest BCUT2D eigenvalue weighted by Gasteiger charge is -2.35. The Hall–Kier alpha value is -1.35. The van der Waals surface area contributed by atoms with Gasteiger partial charge in [-0.3, -0.25) is 4.79 Å². The first-order valence-corrected chi connectivity index (χ1v) is 7.88. The second-order valence-electron chi connectivity index (χ2n) is 6.15. The van der Waals surface area contributed by atoms with Gasteiger partial charge in [-0.1, -0.05) is 12.1 Å². The first-order valence-electron chi connectivity index (χ1n) is 7.88. The highest BCUT2D eigenvalue weighted by molar-refractivity contribution is 5.77. The SMILES string of the molecule is O=Cc1cccc(N2CCC(CN3CCCC3)CC2)c1. The summed E-state index contributed by atoms with van der Waals surface area (Å²) < 4.78 is 0. The first kappa shape index (κ1) is 13.6. The van der Waals surface area contributed by atoms with Crippen molar-refractivity contribution in [2.24, 2.45) is 5.92 Å². The third-order valence-corrected chi connectivity index (χ3v) is 4.70. The highest BCUT2D eigenvalue weighted by atomic mass is 16.1. The van der Waals surface area contributed by atoms with Crippen LogP contribution in [0.25, 0.3) is 0 Å². The average Bonchev–Trinajstić information content (AvgIpc) is 3.01. The van der Waals surface area contributed by atoms with Gasteiger partial charge in [0.05, 0.1) is 0 Å². The van der Waals surface area contributed by atoms with Crippen molar-refractivity contribution in [1.82, 2.24) is 4.90 Å². The van der Waals surface area contributed by atoms with Crippen LogP contribution < -0.4 is 4.90 Å². The van der Waals surface area contributed by atoms with Crippen molar-refractivity contribution in [3.8, 4) is 0 Å². The highest BCUT2D eigenvalue weighted by Crippen LogP contribution is 2.25. The van der Waals surface area contributed by atoms with Crippen LogP contribution in [0.4, 0.5) is 5.69 Å². The summed E-state index contributed by atoms with van der Waals surface area (Å²) in [5.41, 5.74) is 1.98. The number of anilines is 1. The van der Waals surface area contributed by atoms with Crippen molar-refractivity contribution >= 4 is 12.0 Å². The Morgan fingerprint density at radius 2 is 1.85 bits per heavy atom. The number of carbonyl (C=O) groups excluding carboxylic acids is 1. The van der Waals surface area contributed by atoms with Gasteiger partial charge in [-0.05, 0) is 56.8 Å². The fourth-order valence-electron chi connectivity index (χ4n) is 3.50. The van der Waals surface area contributed by atoms with Crippen LogP contribution in [0.5, 0.6) is 0 Å². The quantitative estimate of drug-likeness (QED) is 0.787. The number of carbonyl (C=O) groups is 1. The summed E-state index contributed by atoms with van der Waals surface area (Å²) in [6, 6.07) is 7.98. The minimum absolute atomic E-state index is 0.779. The molecule has 2 aliphatic heterocycles. The average molecular weight is 272 g/mol. The third-order valence-electron chi connectivity index (χ3n) is 4.70. The molecular formula is C17H24N2O. The Morgan fingerprint density at radius 1 is 1.10 bits per heavy atom. The van der Waals surface area contributed by atoms with Crippen LogP contribution in [0, 0.1) is 5.92 Å². The zero-order valence-electron chi connectivity index (χ0n) is 12.1. The molecule has 0 amide bonds. The molecule has 0 N–H and O–H groups in total. The summed E-state index contributed by atoms with van der Waals surface area (Å²) in [5, 5.41) is 0. The Morgan fingerprint density at radius 3 is 2.55 bits per heavy atom. The molecule has 2 saturated heterocycles. The standard InChI is InChI=1S/C17H24N2O/c20-14-16-4-3-5-17(12-16)19-10-6-15(7-11-19)13-18-8-1-2-9-18/h3-5,12,14-15H,1-2,6-11,13H2. The predicted molar refractivity (Wildman–Crippen MR) is 82.4 cm³/mol. The summed E-state index contributed by atoms with van der Waals surface area (Å²) in [4.78, 5) is 15.9. The molecule has 3 nitrogen and oxygen atoms in total. The zero-order valence-corrected chi connectivity index (χ0v) is 12.1. The third kappa shape index (κ3) is 3.21. The van der Waals surface area contributed by atoms with Crippen molar-refractivity contribution < 1.29 is 4.79 Å². The molecule has 0 atom stereocenters. The minimum atomic E-state index is 0.779. The fraction of sp³-hybridized carbons (Fsp3) is 0.588. The second kappa shape index (κ2) is 6.40. The van der Waals surface area contributed by atoms with Gasteiger partial charge < -0.3 is 9.80 Å². The number of piperidine rings is 1. The normalized spacial score (nSPS) is 21.3. The van der Waals surface area contributed by atoms with Crippen LogP contribution in [0.15, 0.2) is 24.3 Å². The van der Waals surface area contributed by atoms with Crippen molar-refractivity contribution in [2.75, 3.05) is 37.6 Å². The summed E-state index contributed by atoms with van der Waals surface area (Å²) in [6.07, 6.45) is 6.27. The lowest BCUT2D eigenvalue weighted by atomic mass is 9.95. The Balaban J connectivity index is 1.53. The number of nitrogens with zero attached hydrogens (tertiary/aromatic N) is 2. The molecule has 0 spiro atoms. The molecule has 0 aliphatic carbocycles. The van der Waals surface area contributed by atoms with Crippen molar-refractivity contribution in [2.45, 2.75) is 25.7 Å². The number of rotatable bonds is 4. The van der Waals surface area contributed by atoms with Gasteiger partial charge in [-0.2, -0.15) is 0 Å². The summed E-state index contributed by atoms with van der Waals surface area (Å²) >= 11 is 0. The number of likely N-dealkylation sites (tertiary alicyclic amines) is 1. The van der Waals surface area contributed by atoms with Gasteiger partial charge in [0.2, 0.25) is 0 Å². The van der Waals surface area contributed by atoms with E-state index < -0.39 is 0 Å². The van der Waals surface area contributed by atoms with E-state index in [1.54, 1.807) is 0 Å². The van der Waals surface area contributed by atoms with Crippen LogP contribution in [0.1, 0.15) is 36.0 Å². The maximum Gasteiger partial charge on any atom is 0.150 e. The number of benzene rings is 1. The molecule has 0 aromatic heterocycles. The van der Waals surface area contributed by atoms with E-state index in [4.69, 9.17) is 0 Å². The molecule has 108 valence electrons. The van der Waals surface area contributed by atoms with E-state index >= 15 is 0 Å². The Labute approximate surface area is 121 Å². The van der Waals surface area contributed by atoms with Crippen molar-refractivity contribution in [3.63, 3.8) is 0 Å². The van der Waals surface area contributed by atoms with Gasteiger partial charge in [0.1, 0.15) is 6.29 Å². The number of aldehydes is 1. The van der Waals surface area contributed by atoms with E-state index in [9.17, 15) is 4.79 Å². The maximum atomic E-state index is 10.9. The molecule has 0 bridgehead atoms. The van der Waals surface area contributed by atoms with Crippen LogP contribution >= 0.6 is 0 Å². The molecule has 2 fully saturated rings. The van der Waals surface area contributed by atoms with E-state index in [2.05, 4.69) is 15.9 Å².